The fourth-order valence-electron chi connectivity index (χ4n) is 2.90. The molecule has 1 atom stereocenters. The molecule has 0 radical (unpaired) electrons. The van der Waals surface area contributed by atoms with Crippen molar-refractivity contribution in [2.24, 2.45) is 0 Å². The minimum atomic E-state index is -1.11. The van der Waals surface area contributed by atoms with Gasteiger partial charge < -0.3 is 19.9 Å². The summed E-state index contributed by atoms with van der Waals surface area (Å²) in [5.41, 5.74) is -0.701. The van der Waals surface area contributed by atoms with Crippen molar-refractivity contribution in [1.82, 2.24) is 5.32 Å². The van der Waals surface area contributed by atoms with E-state index in [2.05, 4.69) is 5.32 Å². The van der Waals surface area contributed by atoms with Crippen LogP contribution in [0, 0.1) is 0 Å². The molecule has 1 unspecified atom stereocenters. The van der Waals surface area contributed by atoms with Crippen LogP contribution in [0.2, 0.25) is 0 Å². The highest BCUT2D eigenvalue weighted by molar-refractivity contribution is 5.98. The van der Waals surface area contributed by atoms with Crippen LogP contribution in [0.3, 0.4) is 0 Å². The molecule has 2 N–H and O–H groups in total. The van der Waals surface area contributed by atoms with Crippen LogP contribution in [0.5, 0.6) is 5.75 Å². The molecule has 0 spiro atoms. The summed E-state index contributed by atoms with van der Waals surface area (Å²) in [7, 11) is 0. The molecule has 1 aromatic rings. The molecule has 3 rings (SSSR count). The number of carboxylic acid groups (broad SMARTS) is 1. The van der Waals surface area contributed by atoms with Crippen molar-refractivity contribution < 1.29 is 24.2 Å². The van der Waals surface area contributed by atoms with Crippen molar-refractivity contribution in [1.29, 1.82) is 0 Å². The highest BCUT2D eigenvalue weighted by Crippen LogP contribution is 2.32. The third-order valence-corrected chi connectivity index (χ3v) is 4.53. The van der Waals surface area contributed by atoms with E-state index < -0.39 is 11.5 Å². The number of hydrogen-bond acceptors (Lipinski definition) is 4. The van der Waals surface area contributed by atoms with Gasteiger partial charge in [0.05, 0.1) is 6.10 Å². The van der Waals surface area contributed by atoms with E-state index in [1.54, 1.807) is 24.3 Å². The number of carbonyl (C=O) groups excluding carboxylic acids is 1. The zero-order valence-corrected chi connectivity index (χ0v) is 12.9. The molecule has 1 amide bonds. The quantitative estimate of drug-likeness (QED) is 0.837. The maximum Gasteiger partial charge on any atom is 0.329 e. The first kappa shape index (κ1) is 15.8. The minimum Gasteiger partial charge on any atom is -0.491 e. The molecular formula is C17H21NO5. The van der Waals surface area contributed by atoms with Crippen molar-refractivity contribution in [2.45, 2.75) is 43.7 Å². The van der Waals surface area contributed by atoms with Gasteiger partial charge in [-0.1, -0.05) is 6.07 Å². The number of benzene rings is 1. The van der Waals surface area contributed by atoms with E-state index in [0.29, 0.717) is 30.8 Å². The standard InChI is InChI=1S/C17H21NO5/c19-15(18-17(16(20)21)7-3-8-17)12-4-1-5-13(10-12)23-11-14-6-2-9-22-14/h1,4-5,10,14H,2-3,6-9,11H2,(H,18,19)(H,20,21). The number of amides is 1. The van der Waals surface area contributed by atoms with Gasteiger partial charge in [-0.05, 0) is 50.3 Å². The summed E-state index contributed by atoms with van der Waals surface area (Å²) >= 11 is 0. The molecule has 6 heteroatoms. The van der Waals surface area contributed by atoms with Gasteiger partial charge in [0.25, 0.3) is 5.91 Å². The fourth-order valence-corrected chi connectivity index (χ4v) is 2.90. The van der Waals surface area contributed by atoms with Gasteiger partial charge in [-0.15, -0.1) is 0 Å². The molecular weight excluding hydrogens is 298 g/mol. The zero-order chi connectivity index (χ0) is 16.3. The van der Waals surface area contributed by atoms with E-state index in [1.807, 2.05) is 0 Å². The Morgan fingerprint density at radius 2 is 2.17 bits per heavy atom. The Morgan fingerprint density at radius 1 is 1.35 bits per heavy atom. The summed E-state index contributed by atoms with van der Waals surface area (Å²) in [6.07, 6.45) is 3.91. The Labute approximate surface area is 134 Å². The van der Waals surface area contributed by atoms with Gasteiger partial charge in [-0.2, -0.15) is 0 Å². The SMILES string of the molecule is O=C(NC1(C(=O)O)CCC1)c1cccc(OCC2CCCO2)c1. The second-order valence-corrected chi connectivity index (χ2v) is 6.17. The van der Waals surface area contributed by atoms with E-state index >= 15 is 0 Å². The molecule has 23 heavy (non-hydrogen) atoms. The first-order chi connectivity index (χ1) is 11.1. The summed E-state index contributed by atoms with van der Waals surface area (Å²) in [5, 5.41) is 11.9. The lowest BCUT2D eigenvalue weighted by Crippen LogP contribution is -2.59. The zero-order valence-electron chi connectivity index (χ0n) is 12.9. The fraction of sp³-hybridized carbons (Fsp3) is 0.529. The number of aliphatic carboxylic acids is 1. The molecule has 1 aromatic carbocycles. The van der Waals surface area contributed by atoms with Crippen LogP contribution in [-0.4, -0.2) is 41.8 Å². The van der Waals surface area contributed by atoms with Crippen molar-refractivity contribution in [3.05, 3.63) is 29.8 Å². The molecule has 1 heterocycles. The molecule has 0 aromatic heterocycles. The van der Waals surface area contributed by atoms with Crippen LogP contribution in [0.15, 0.2) is 24.3 Å². The number of rotatable bonds is 6. The number of carboxylic acids is 1. The van der Waals surface area contributed by atoms with E-state index in [9.17, 15) is 14.7 Å². The predicted molar refractivity (Wildman–Crippen MR) is 82.6 cm³/mol. The summed E-state index contributed by atoms with van der Waals surface area (Å²) in [6.45, 7) is 1.23. The molecule has 2 aliphatic rings. The third kappa shape index (κ3) is 3.47. The number of ether oxygens (including phenoxy) is 2. The van der Waals surface area contributed by atoms with E-state index in [4.69, 9.17) is 9.47 Å². The topological polar surface area (TPSA) is 84.9 Å². The number of carbonyl (C=O) groups is 2. The summed E-state index contributed by atoms with van der Waals surface area (Å²) in [5.74, 6) is -0.760. The molecule has 2 fully saturated rings. The molecule has 6 nitrogen and oxygen atoms in total. The lowest BCUT2D eigenvalue weighted by molar-refractivity contribution is -0.148. The van der Waals surface area contributed by atoms with E-state index in [-0.39, 0.29) is 12.0 Å². The monoisotopic (exact) mass is 319 g/mol. The van der Waals surface area contributed by atoms with Crippen LogP contribution in [0.25, 0.3) is 0 Å². The number of hydrogen-bond donors (Lipinski definition) is 2. The molecule has 1 aliphatic heterocycles. The van der Waals surface area contributed by atoms with Crippen molar-refractivity contribution in [3.8, 4) is 5.75 Å². The summed E-state index contributed by atoms with van der Waals surface area (Å²) in [6, 6.07) is 6.80. The predicted octanol–water partition coefficient (Wildman–Crippen LogP) is 1.98. The maximum atomic E-state index is 12.3. The van der Waals surface area contributed by atoms with E-state index in [1.165, 1.54) is 0 Å². The first-order valence-corrected chi connectivity index (χ1v) is 7.99. The van der Waals surface area contributed by atoms with Crippen LogP contribution in [0.1, 0.15) is 42.5 Å². The van der Waals surface area contributed by atoms with Gasteiger partial charge in [0.15, 0.2) is 0 Å². The van der Waals surface area contributed by atoms with E-state index in [0.717, 1.165) is 25.9 Å². The van der Waals surface area contributed by atoms with Crippen LogP contribution in [-0.2, 0) is 9.53 Å². The lowest BCUT2D eigenvalue weighted by atomic mass is 9.76. The third-order valence-electron chi connectivity index (χ3n) is 4.53. The van der Waals surface area contributed by atoms with Crippen molar-refractivity contribution in [3.63, 3.8) is 0 Å². The normalized spacial score (nSPS) is 22.2. The van der Waals surface area contributed by atoms with Crippen LogP contribution >= 0.6 is 0 Å². The largest absolute Gasteiger partial charge is 0.491 e. The Hall–Kier alpha value is -2.08. The van der Waals surface area contributed by atoms with Crippen LogP contribution in [0.4, 0.5) is 0 Å². The Bertz CT molecular complexity index is 590. The maximum absolute atomic E-state index is 12.3. The lowest BCUT2D eigenvalue weighted by Gasteiger charge is -2.38. The molecule has 124 valence electrons. The van der Waals surface area contributed by atoms with Gasteiger partial charge in [0.2, 0.25) is 0 Å². The highest BCUT2D eigenvalue weighted by atomic mass is 16.5. The van der Waals surface area contributed by atoms with Gasteiger partial charge in [-0.25, -0.2) is 4.79 Å². The van der Waals surface area contributed by atoms with Crippen LogP contribution < -0.4 is 10.1 Å². The molecule has 0 bridgehead atoms. The Morgan fingerprint density at radius 3 is 2.78 bits per heavy atom. The van der Waals surface area contributed by atoms with Gasteiger partial charge >= 0.3 is 5.97 Å². The summed E-state index contributed by atoms with van der Waals surface area (Å²) < 4.78 is 11.2. The van der Waals surface area contributed by atoms with Gasteiger partial charge in [-0.3, -0.25) is 4.79 Å². The Kier molecular flexibility index (Phi) is 4.52. The van der Waals surface area contributed by atoms with Crippen molar-refractivity contribution >= 4 is 11.9 Å². The molecule has 1 saturated heterocycles. The first-order valence-electron chi connectivity index (χ1n) is 7.99. The van der Waals surface area contributed by atoms with Crippen molar-refractivity contribution in [2.75, 3.05) is 13.2 Å². The second kappa shape index (κ2) is 6.58. The van der Waals surface area contributed by atoms with Gasteiger partial charge in [0.1, 0.15) is 17.9 Å². The average Bonchev–Trinajstić information content (AvgIpc) is 3.02. The van der Waals surface area contributed by atoms with Gasteiger partial charge in [0, 0.05) is 12.2 Å². The highest BCUT2D eigenvalue weighted by Gasteiger charge is 2.45. The average molecular weight is 319 g/mol. The molecule has 1 aliphatic carbocycles. The summed E-state index contributed by atoms with van der Waals surface area (Å²) in [4.78, 5) is 23.6. The number of nitrogens with one attached hydrogen (secondary N) is 1. The minimum absolute atomic E-state index is 0.109. The smallest absolute Gasteiger partial charge is 0.329 e. The molecule has 1 saturated carbocycles. The Balaban J connectivity index is 1.62. The second-order valence-electron chi connectivity index (χ2n) is 6.17.